The largest absolute Gasteiger partial charge is 0.497 e. The third-order valence-electron chi connectivity index (χ3n) is 3.43. The third kappa shape index (κ3) is 4.33. The number of carbonyl (C=O) groups excluding carboxylic acids is 1. The molecule has 0 aromatic heterocycles. The number of methoxy groups -OCH3 is 1. The van der Waals surface area contributed by atoms with Crippen molar-refractivity contribution < 1.29 is 14.6 Å². The molecule has 1 amide bonds. The van der Waals surface area contributed by atoms with Gasteiger partial charge >= 0.3 is 0 Å². The van der Waals surface area contributed by atoms with Crippen LogP contribution in [0.4, 0.5) is 0 Å². The van der Waals surface area contributed by atoms with E-state index < -0.39 is 6.10 Å². The summed E-state index contributed by atoms with van der Waals surface area (Å²) >= 11 is 0. The van der Waals surface area contributed by atoms with Crippen LogP contribution in [0.1, 0.15) is 24.2 Å². The van der Waals surface area contributed by atoms with Gasteiger partial charge in [0.2, 0.25) is 0 Å². The van der Waals surface area contributed by atoms with Gasteiger partial charge in [-0.25, -0.2) is 0 Å². The minimum Gasteiger partial charge on any atom is -0.497 e. The van der Waals surface area contributed by atoms with Crippen LogP contribution < -0.4 is 10.1 Å². The summed E-state index contributed by atoms with van der Waals surface area (Å²) in [5.41, 5.74) is 1.66. The van der Waals surface area contributed by atoms with E-state index in [1.165, 1.54) is 0 Å². The maximum atomic E-state index is 12.1. The lowest BCUT2D eigenvalue weighted by atomic mass is 10.1. The Kier molecular flexibility index (Phi) is 5.55. The molecule has 0 aliphatic heterocycles. The van der Waals surface area contributed by atoms with E-state index in [1.807, 2.05) is 37.3 Å². The van der Waals surface area contributed by atoms with Gasteiger partial charge in [0.15, 0.2) is 6.10 Å². The molecule has 2 unspecified atom stereocenters. The first kappa shape index (κ1) is 16.0. The molecule has 0 radical (unpaired) electrons. The van der Waals surface area contributed by atoms with Crippen molar-refractivity contribution in [3.05, 3.63) is 65.7 Å². The molecule has 0 fully saturated rings. The average Bonchev–Trinajstić information content (AvgIpc) is 2.55. The maximum Gasteiger partial charge on any atom is 0.253 e. The lowest BCUT2D eigenvalue weighted by molar-refractivity contribution is -0.130. The van der Waals surface area contributed by atoms with Crippen LogP contribution in [-0.2, 0) is 11.2 Å². The van der Waals surface area contributed by atoms with Crippen molar-refractivity contribution in [2.75, 3.05) is 7.11 Å². The molecule has 0 aliphatic rings. The van der Waals surface area contributed by atoms with Gasteiger partial charge in [0.25, 0.3) is 5.91 Å². The first-order valence-corrected chi connectivity index (χ1v) is 7.26. The molecule has 0 saturated carbocycles. The van der Waals surface area contributed by atoms with Crippen LogP contribution in [0.5, 0.6) is 5.75 Å². The number of amides is 1. The van der Waals surface area contributed by atoms with Gasteiger partial charge in [-0.15, -0.1) is 0 Å². The molecule has 2 rings (SSSR count). The Morgan fingerprint density at radius 1 is 1.18 bits per heavy atom. The second-order valence-corrected chi connectivity index (χ2v) is 5.28. The number of benzene rings is 2. The summed E-state index contributed by atoms with van der Waals surface area (Å²) in [6, 6.07) is 16.5. The summed E-state index contributed by atoms with van der Waals surface area (Å²) in [4.78, 5) is 12.1. The highest BCUT2D eigenvalue weighted by Crippen LogP contribution is 2.15. The number of hydrogen-bond donors (Lipinski definition) is 2. The molecule has 0 heterocycles. The fourth-order valence-electron chi connectivity index (χ4n) is 2.31. The number of carbonyl (C=O) groups is 1. The van der Waals surface area contributed by atoms with Gasteiger partial charge in [0.1, 0.15) is 5.75 Å². The highest BCUT2D eigenvalue weighted by atomic mass is 16.5. The molecule has 2 aromatic rings. The fourth-order valence-corrected chi connectivity index (χ4v) is 2.31. The predicted octanol–water partition coefficient (Wildman–Crippen LogP) is 2.48. The minimum atomic E-state index is -1.14. The van der Waals surface area contributed by atoms with Gasteiger partial charge in [-0.1, -0.05) is 42.5 Å². The van der Waals surface area contributed by atoms with Crippen LogP contribution in [0.25, 0.3) is 0 Å². The molecular formula is C18H21NO3. The monoisotopic (exact) mass is 299 g/mol. The molecule has 2 N–H and O–H groups in total. The summed E-state index contributed by atoms with van der Waals surface area (Å²) < 4.78 is 5.19. The molecule has 22 heavy (non-hydrogen) atoms. The van der Waals surface area contributed by atoms with Crippen LogP contribution in [0.2, 0.25) is 0 Å². The van der Waals surface area contributed by atoms with E-state index in [2.05, 4.69) is 5.32 Å². The first-order valence-electron chi connectivity index (χ1n) is 7.26. The molecule has 0 saturated heterocycles. The molecule has 0 spiro atoms. The van der Waals surface area contributed by atoms with Gasteiger partial charge in [-0.2, -0.15) is 0 Å². The van der Waals surface area contributed by atoms with E-state index in [0.29, 0.717) is 12.0 Å². The number of aliphatic hydroxyl groups excluding tert-OH is 1. The van der Waals surface area contributed by atoms with E-state index in [9.17, 15) is 9.90 Å². The molecule has 0 bridgehead atoms. The normalized spacial score (nSPS) is 13.2. The Bertz CT molecular complexity index is 613. The molecule has 116 valence electrons. The Morgan fingerprint density at radius 2 is 1.91 bits per heavy atom. The number of rotatable bonds is 6. The second kappa shape index (κ2) is 7.61. The predicted molar refractivity (Wildman–Crippen MR) is 85.7 cm³/mol. The lowest BCUT2D eigenvalue weighted by Crippen LogP contribution is -2.37. The number of ether oxygens (including phenoxy) is 1. The van der Waals surface area contributed by atoms with Crippen molar-refractivity contribution in [2.24, 2.45) is 0 Å². The molecule has 4 heteroatoms. The van der Waals surface area contributed by atoms with Gasteiger partial charge in [0.05, 0.1) is 7.11 Å². The molecule has 0 aliphatic carbocycles. The quantitative estimate of drug-likeness (QED) is 0.861. The maximum absolute atomic E-state index is 12.1. The smallest absolute Gasteiger partial charge is 0.253 e. The zero-order valence-electron chi connectivity index (χ0n) is 12.8. The fraction of sp³-hybridized carbons (Fsp3) is 0.278. The van der Waals surface area contributed by atoms with Crippen molar-refractivity contribution in [1.29, 1.82) is 0 Å². The van der Waals surface area contributed by atoms with E-state index in [-0.39, 0.29) is 11.9 Å². The Balaban J connectivity index is 1.93. The standard InChI is InChI=1S/C18H21NO3/c1-13(11-14-7-6-10-16(12-14)22-2)19-18(21)17(20)15-8-4-3-5-9-15/h3-10,12-13,17,20H,11H2,1-2H3,(H,19,21). The summed E-state index contributed by atoms with van der Waals surface area (Å²) in [6.45, 7) is 1.91. The molecule has 2 atom stereocenters. The van der Waals surface area contributed by atoms with Crippen molar-refractivity contribution in [3.8, 4) is 5.75 Å². The van der Waals surface area contributed by atoms with Crippen molar-refractivity contribution in [3.63, 3.8) is 0 Å². The van der Waals surface area contributed by atoms with Crippen LogP contribution >= 0.6 is 0 Å². The van der Waals surface area contributed by atoms with Crippen molar-refractivity contribution >= 4 is 5.91 Å². The lowest BCUT2D eigenvalue weighted by Gasteiger charge is -2.17. The average molecular weight is 299 g/mol. The van der Waals surface area contributed by atoms with E-state index in [0.717, 1.165) is 11.3 Å². The SMILES string of the molecule is COc1cccc(CC(C)NC(=O)C(O)c2ccccc2)c1. The van der Waals surface area contributed by atoms with Gasteiger partial charge in [0, 0.05) is 6.04 Å². The van der Waals surface area contributed by atoms with E-state index >= 15 is 0 Å². The minimum absolute atomic E-state index is 0.0852. The Labute approximate surface area is 130 Å². The van der Waals surface area contributed by atoms with Crippen molar-refractivity contribution in [2.45, 2.75) is 25.5 Å². The third-order valence-corrected chi connectivity index (χ3v) is 3.43. The summed E-state index contributed by atoms with van der Waals surface area (Å²) in [5.74, 6) is 0.405. The van der Waals surface area contributed by atoms with Crippen LogP contribution in [0.15, 0.2) is 54.6 Å². The van der Waals surface area contributed by atoms with E-state index in [4.69, 9.17) is 4.74 Å². The van der Waals surface area contributed by atoms with Crippen molar-refractivity contribution in [1.82, 2.24) is 5.32 Å². The first-order chi connectivity index (χ1) is 10.6. The molecular weight excluding hydrogens is 278 g/mol. The number of aliphatic hydroxyl groups is 1. The van der Waals surface area contributed by atoms with Gasteiger partial charge < -0.3 is 15.2 Å². The Hall–Kier alpha value is -2.33. The number of nitrogens with one attached hydrogen (secondary N) is 1. The summed E-state index contributed by atoms with van der Waals surface area (Å²) in [7, 11) is 1.63. The highest BCUT2D eigenvalue weighted by molar-refractivity contribution is 5.82. The zero-order chi connectivity index (χ0) is 15.9. The Morgan fingerprint density at radius 3 is 2.59 bits per heavy atom. The second-order valence-electron chi connectivity index (χ2n) is 5.28. The van der Waals surface area contributed by atoms with Crippen LogP contribution in [0, 0.1) is 0 Å². The van der Waals surface area contributed by atoms with Crippen LogP contribution in [0.3, 0.4) is 0 Å². The van der Waals surface area contributed by atoms with Gasteiger partial charge in [-0.05, 0) is 36.6 Å². The topological polar surface area (TPSA) is 58.6 Å². The van der Waals surface area contributed by atoms with Gasteiger partial charge in [-0.3, -0.25) is 4.79 Å². The summed E-state index contributed by atoms with van der Waals surface area (Å²) in [5, 5.41) is 12.9. The van der Waals surface area contributed by atoms with Crippen LogP contribution in [-0.4, -0.2) is 24.2 Å². The summed E-state index contributed by atoms with van der Waals surface area (Å²) in [6.07, 6.45) is -0.473. The number of hydrogen-bond acceptors (Lipinski definition) is 3. The zero-order valence-corrected chi connectivity index (χ0v) is 12.8. The van der Waals surface area contributed by atoms with E-state index in [1.54, 1.807) is 31.4 Å². The molecule has 4 nitrogen and oxygen atoms in total. The molecule has 2 aromatic carbocycles. The highest BCUT2D eigenvalue weighted by Gasteiger charge is 2.18.